The van der Waals surface area contributed by atoms with Crippen molar-refractivity contribution in [3.8, 4) is 0 Å². The van der Waals surface area contributed by atoms with Gasteiger partial charge in [-0.1, -0.05) is 83.0 Å². The van der Waals surface area contributed by atoms with E-state index in [9.17, 15) is 13.6 Å². The Bertz CT molecular complexity index is 1290. The number of hydrogen-bond donors (Lipinski definition) is 0. The monoisotopic (exact) mass is 629 g/mol. The zero-order valence-corrected chi connectivity index (χ0v) is 28.4. The Labute approximate surface area is 268 Å². The number of carbonyl (C=O) groups excluding carboxylic acids is 1. The minimum absolute atomic E-state index is 0.0348. The van der Waals surface area contributed by atoms with Gasteiger partial charge in [-0.05, 0) is 94.9 Å². The minimum atomic E-state index is -0.672. The van der Waals surface area contributed by atoms with Crippen LogP contribution in [0.15, 0.2) is 88.8 Å². The minimum Gasteiger partial charge on any atom is -0.451 e. The SMILES string of the molecule is C=C(C)C(/C(F)=C\CCC)=C(/C)N=C(C)CC.CC1CCC(C(OC(=O)c2ccccc2)c2ccc(Cl)c(F)c2)O1.CCC. The lowest BCUT2D eigenvalue weighted by molar-refractivity contribution is -0.0475. The number of nitrogens with zero attached hydrogens (tertiary/aromatic N) is 1. The molecule has 2 aromatic carbocycles. The molecule has 44 heavy (non-hydrogen) atoms. The van der Waals surface area contributed by atoms with Crippen LogP contribution in [0.1, 0.15) is 116 Å². The van der Waals surface area contributed by atoms with Gasteiger partial charge in [-0.25, -0.2) is 13.6 Å². The van der Waals surface area contributed by atoms with Gasteiger partial charge < -0.3 is 9.47 Å². The third-order valence-corrected chi connectivity index (χ3v) is 6.93. The van der Waals surface area contributed by atoms with Gasteiger partial charge in [0.1, 0.15) is 11.6 Å². The molecule has 0 aliphatic carbocycles. The van der Waals surface area contributed by atoms with Crippen LogP contribution in [0.5, 0.6) is 0 Å². The zero-order chi connectivity index (χ0) is 33.2. The third kappa shape index (κ3) is 13.3. The van der Waals surface area contributed by atoms with Crippen LogP contribution in [0.3, 0.4) is 0 Å². The normalized spacial score (nSPS) is 17.8. The highest BCUT2D eigenvalue weighted by Gasteiger charge is 2.34. The summed E-state index contributed by atoms with van der Waals surface area (Å²) in [5.74, 6) is -1.20. The largest absolute Gasteiger partial charge is 0.451 e. The van der Waals surface area contributed by atoms with Crippen LogP contribution in [-0.4, -0.2) is 23.9 Å². The van der Waals surface area contributed by atoms with Gasteiger partial charge in [-0.3, -0.25) is 4.99 Å². The summed E-state index contributed by atoms with van der Waals surface area (Å²) in [6, 6.07) is 13.2. The summed E-state index contributed by atoms with van der Waals surface area (Å²) in [6.45, 7) is 19.7. The number of ether oxygens (including phenoxy) is 2. The zero-order valence-electron chi connectivity index (χ0n) is 27.7. The second kappa shape index (κ2) is 20.8. The molecular formula is C37H50ClF2NO3. The number of esters is 1. The molecule has 3 rings (SSSR count). The van der Waals surface area contributed by atoms with Crippen molar-refractivity contribution < 1.29 is 23.0 Å². The van der Waals surface area contributed by atoms with E-state index in [1.807, 2.05) is 47.6 Å². The molecule has 0 N–H and O–H groups in total. The molecule has 0 bridgehead atoms. The molecule has 0 spiro atoms. The highest BCUT2D eigenvalue weighted by molar-refractivity contribution is 6.30. The number of rotatable bonds is 10. The fourth-order valence-electron chi connectivity index (χ4n) is 4.34. The van der Waals surface area contributed by atoms with Gasteiger partial charge in [0, 0.05) is 17.0 Å². The van der Waals surface area contributed by atoms with Gasteiger partial charge >= 0.3 is 5.97 Å². The van der Waals surface area contributed by atoms with Crippen molar-refractivity contribution in [1.82, 2.24) is 0 Å². The molecule has 4 nitrogen and oxygen atoms in total. The molecule has 3 atom stereocenters. The van der Waals surface area contributed by atoms with Crippen LogP contribution in [0, 0.1) is 5.82 Å². The van der Waals surface area contributed by atoms with E-state index in [1.165, 1.54) is 18.6 Å². The van der Waals surface area contributed by atoms with Crippen LogP contribution in [0.4, 0.5) is 8.78 Å². The Morgan fingerprint density at radius 3 is 2.25 bits per heavy atom. The maximum absolute atomic E-state index is 14.0. The van der Waals surface area contributed by atoms with Crippen molar-refractivity contribution in [1.29, 1.82) is 0 Å². The van der Waals surface area contributed by atoms with E-state index in [-0.39, 0.29) is 23.1 Å². The maximum Gasteiger partial charge on any atom is 0.338 e. The molecule has 242 valence electrons. The summed E-state index contributed by atoms with van der Waals surface area (Å²) in [5, 5.41) is 0.0348. The molecule has 0 radical (unpaired) electrons. The van der Waals surface area contributed by atoms with Crippen LogP contribution < -0.4 is 0 Å². The Kier molecular flexibility index (Phi) is 18.4. The third-order valence-electron chi connectivity index (χ3n) is 6.63. The number of hydrogen-bond acceptors (Lipinski definition) is 4. The molecule has 1 aliphatic rings. The van der Waals surface area contributed by atoms with E-state index in [1.54, 1.807) is 36.4 Å². The van der Waals surface area contributed by atoms with E-state index < -0.39 is 17.9 Å². The number of carbonyl (C=O) groups is 1. The first kappa shape index (κ1) is 38.9. The van der Waals surface area contributed by atoms with Crippen molar-refractivity contribution in [2.45, 2.75) is 112 Å². The van der Waals surface area contributed by atoms with Gasteiger partial charge in [0.15, 0.2) is 6.10 Å². The highest BCUT2D eigenvalue weighted by atomic mass is 35.5. The molecule has 0 saturated carbocycles. The topological polar surface area (TPSA) is 47.9 Å². The lowest BCUT2D eigenvalue weighted by Gasteiger charge is -2.24. The van der Waals surface area contributed by atoms with Crippen molar-refractivity contribution in [3.63, 3.8) is 0 Å². The summed E-state index contributed by atoms with van der Waals surface area (Å²) in [6.07, 6.45) is 6.16. The predicted octanol–water partition coefficient (Wildman–Crippen LogP) is 11.7. The smallest absolute Gasteiger partial charge is 0.338 e. The van der Waals surface area contributed by atoms with E-state index in [2.05, 4.69) is 25.4 Å². The van der Waals surface area contributed by atoms with Crippen molar-refractivity contribution >= 4 is 23.3 Å². The first-order chi connectivity index (χ1) is 20.9. The molecule has 3 unspecified atom stereocenters. The number of allylic oxidation sites excluding steroid dienone is 5. The van der Waals surface area contributed by atoms with Crippen LogP contribution in [-0.2, 0) is 9.47 Å². The summed E-state index contributed by atoms with van der Waals surface area (Å²) in [5.41, 5.74) is 3.97. The summed E-state index contributed by atoms with van der Waals surface area (Å²) in [7, 11) is 0. The highest BCUT2D eigenvalue weighted by Crippen LogP contribution is 2.34. The molecule has 1 fully saturated rings. The van der Waals surface area contributed by atoms with Gasteiger partial charge in [-0.15, -0.1) is 0 Å². The van der Waals surface area contributed by atoms with E-state index >= 15 is 0 Å². The second-order valence-electron chi connectivity index (χ2n) is 10.9. The molecule has 2 aromatic rings. The van der Waals surface area contributed by atoms with Crippen molar-refractivity contribution in [2.24, 2.45) is 4.99 Å². The quantitative estimate of drug-likeness (QED) is 0.149. The fourth-order valence-corrected chi connectivity index (χ4v) is 4.46. The Morgan fingerprint density at radius 1 is 1.11 bits per heavy atom. The predicted molar refractivity (Wildman–Crippen MR) is 181 cm³/mol. The van der Waals surface area contributed by atoms with Gasteiger partial charge in [0.25, 0.3) is 0 Å². The van der Waals surface area contributed by atoms with Crippen molar-refractivity contribution in [2.75, 3.05) is 0 Å². The molecule has 1 aliphatic heterocycles. The summed E-state index contributed by atoms with van der Waals surface area (Å²) < 4.78 is 39.4. The van der Waals surface area contributed by atoms with E-state index in [0.29, 0.717) is 22.4 Å². The summed E-state index contributed by atoms with van der Waals surface area (Å²) >= 11 is 5.76. The molecule has 1 heterocycles. The summed E-state index contributed by atoms with van der Waals surface area (Å²) in [4.78, 5) is 16.8. The molecule has 0 amide bonds. The molecule has 0 aromatic heterocycles. The van der Waals surface area contributed by atoms with Gasteiger partial charge in [-0.2, -0.15) is 0 Å². The lowest BCUT2D eigenvalue weighted by atomic mass is 10.0. The average molecular weight is 630 g/mol. The van der Waals surface area contributed by atoms with E-state index in [0.717, 1.165) is 43.4 Å². The Hall–Kier alpha value is -3.09. The first-order valence-corrected chi connectivity index (χ1v) is 15.9. The fraction of sp³-hybridized carbons (Fsp3) is 0.459. The number of unbranched alkanes of at least 4 members (excludes halogenated alkanes) is 1. The lowest BCUT2D eigenvalue weighted by Crippen LogP contribution is -2.24. The van der Waals surface area contributed by atoms with Gasteiger partial charge in [0.2, 0.25) is 0 Å². The van der Waals surface area contributed by atoms with E-state index in [4.69, 9.17) is 21.1 Å². The molecular weight excluding hydrogens is 580 g/mol. The average Bonchev–Trinajstić information content (AvgIpc) is 3.42. The maximum atomic E-state index is 14.0. The van der Waals surface area contributed by atoms with Crippen LogP contribution in [0.2, 0.25) is 5.02 Å². The Balaban J connectivity index is 0.000000427. The number of aliphatic imine (C=N–C) groups is 1. The second-order valence-corrected chi connectivity index (χ2v) is 11.3. The van der Waals surface area contributed by atoms with Gasteiger partial charge in [0.05, 0.1) is 22.8 Å². The van der Waals surface area contributed by atoms with Crippen LogP contribution in [0.25, 0.3) is 0 Å². The van der Waals surface area contributed by atoms with Crippen molar-refractivity contribution in [3.05, 3.63) is 106 Å². The molecule has 1 saturated heterocycles. The standard InChI is InChI=1S/C19H18ClFO3.C15H24FN.C3H8/c1-12-7-10-17(23-12)18(14-8-9-15(20)16(21)11-14)24-19(22)13-5-3-2-4-6-13;1-7-9-10-14(16)15(11(3)4)13(6)17-12(5)8-2;1-3-2/h2-6,8-9,11-12,17-18H,7,10H2,1H3;10H,3,7-9H2,1-2,4-6H3;3H2,1-2H3/b;14-10+,15-13+,17-12?;. The first-order valence-electron chi connectivity index (χ1n) is 15.5. The van der Waals surface area contributed by atoms with Crippen LogP contribution >= 0.6 is 11.6 Å². The molecule has 7 heteroatoms. The number of halogens is 3. The Morgan fingerprint density at radius 2 is 1.75 bits per heavy atom. The number of benzene rings is 2.